The van der Waals surface area contributed by atoms with Crippen molar-refractivity contribution in [2.45, 2.75) is 25.4 Å². The quantitative estimate of drug-likeness (QED) is 0.535. The van der Waals surface area contributed by atoms with Gasteiger partial charge in [-0.2, -0.15) is 0 Å². The van der Waals surface area contributed by atoms with Gasteiger partial charge in [0.15, 0.2) is 0 Å². The van der Waals surface area contributed by atoms with Crippen molar-refractivity contribution in [3.8, 4) is 0 Å². The van der Waals surface area contributed by atoms with E-state index in [9.17, 15) is 18.8 Å². The predicted molar refractivity (Wildman–Crippen MR) is 130 cm³/mol. The van der Waals surface area contributed by atoms with Crippen molar-refractivity contribution in [3.05, 3.63) is 95.3 Å². The molecule has 5 rings (SSSR count). The molecule has 7 nitrogen and oxygen atoms in total. The molecule has 1 fully saturated rings. The van der Waals surface area contributed by atoms with Gasteiger partial charge in [0.2, 0.25) is 5.91 Å². The normalized spacial score (nSPS) is 19.0. The van der Waals surface area contributed by atoms with Crippen LogP contribution >= 0.6 is 0 Å². The molecule has 2 N–H and O–H groups in total. The number of para-hydroxylation sites is 2. The zero-order valence-corrected chi connectivity index (χ0v) is 19.3. The van der Waals surface area contributed by atoms with Crippen molar-refractivity contribution in [3.63, 3.8) is 0 Å². The summed E-state index contributed by atoms with van der Waals surface area (Å²) in [5.41, 5.74) is 3.13. The number of hydrogen-bond donors (Lipinski definition) is 2. The Morgan fingerprint density at radius 1 is 1.03 bits per heavy atom. The van der Waals surface area contributed by atoms with Crippen molar-refractivity contribution >= 4 is 29.2 Å². The summed E-state index contributed by atoms with van der Waals surface area (Å²) in [6.45, 7) is 2.63. The first-order chi connectivity index (χ1) is 16.8. The van der Waals surface area contributed by atoms with Crippen LogP contribution in [0.25, 0.3) is 0 Å². The average molecular weight is 473 g/mol. The molecule has 1 unspecified atom stereocenters. The third-order valence-electron chi connectivity index (χ3n) is 6.63. The number of urea groups is 1. The molecule has 0 aliphatic carbocycles. The SMILES string of the molecule is CC1(c2ccc(F)cc2)NC(=O)N(CC(=O)Nc2ccccc2CN2CCc3ccccc32)C1=O. The zero-order valence-electron chi connectivity index (χ0n) is 19.3. The molecule has 4 amide bonds. The van der Waals surface area contributed by atoms with Gasteiger partial charge in [0, 0.05) is 24.5 Å². The van der Waals surface area contributed by atoms with E-state index in [1.54, 1.807) is 6.92 Å². The highest BCUT2D eigenvalue weighted by Crippen LogP contribution is 2.31. The Hall–Kier alpha value is -4.20. The minimum Gasteiger partial charge on any atom is -0.367 e. The van der Waals surface area contributed by atoms with Gasteiger partial charge < -0.3 is 15.5 Å². The van der Waals surface area contributed by atoms with Gasteiger partial charge in [0.25, 0.3) is 5.91 Å². The maximum absolute atomic E-state index is 13.3. The number of hydrogen-bond acceptors (Lipinski definition) is 4. The molecule has 0 spiro atoms. The summed E-state index contributed by atoms with van der Waals surface area (Å²) < 4.78 is 13.3. The standard InChI is InChI=1S/C27H25FN4O3/c1-27(20-10-12-21(28)13-11-20)25(34)32(26(35)30-27)17-24(33)29-22-8-4-2-7-19(22)16-31-15-14-18-6-3-5-9-23(18)31/h2-13H,14-17H2,1H3,(H,29,33)(H,30,35). The number of fused-ring (bicyclic) bond motifs is 1. The number of benzene rings is 3. The van der Waals surface area contributed by atoms with Crippen molar-refractivity contribution in [1.82, 2.24) is 10.2 Å². The fourth-order valence-corrected chi connectivity index (χ4v) is 4.71. The first-order valence-corrected chi connectivity index (χ1v) is 11.5. The summed E-state index contributed by atoms with van der Waals surface area (Å²) in [5, 5.41) is 5.49. The van der Waals surface area contributed by atoms with Gasteiger partial charge in [-0.05, 0) is 54.3 Å². The molecule has 0 radical (unpaired) electrons. The topological polar surface area (TPSA) is 81.8 Å². The van der Waals surface area contributed by atoms with E-state index in [0.717, 1.165) is 23.4 Å². The summed E-state index contributed by atoms with van der Waals surface area (Å²) in [4.78, 5) is 41.7. The van der Waals surface area contributed by atoms with E-state index in [1.165, 1.54) is 35.5 Å². The highest BCUT2D eigenvalue weighted by Gasteiger charge is 2.49. The van der Waals surface area contributed by atoms with Crippen LogP contribution in [0.5, 0.6) is 0 Å². The van der Waals surface area contributed by atoms with Crippen molar-refractivity contribution in [2.24, 2.45) is 0 Å². The number of anilines is 2. The minimum atomic E-state index is -1.37. The number of nitrogens with one attached hydrogen (secondary N) is 2. The molecular weight excluding hydrogens is 447 g/mol. The van der Waals surface area contributed by atoms with Crippen LogP contribution in [0.1, 0.15) is 23.6 Å². The van der Waals surface area contributed by atoms with Gasteiger partial charge in [-0.1, -0.05) is 48.5 Å². The first kappa shape index (κ1) is 22.6. The fraction of sp³-hybridized carbons (Fsp3) is 0.222. The lowest BCUT2D eigenvalue weighted by atomic mass is 9.92. The molecule has 1 atom stereocenters. The molecule has 1 saturated heterocycles. The van der Waals surface area contributed by atoms with Gasteiger partial charge >= 0.3 is 6.03 Å². The molecule has 2 heterocycles. The molecule has 8 heteroatoms. The number of carbonyl (C=O) groups excluding carboxylic acids is 3. The maximum Gasteiger partial charge on any atom is 0.325 e. The van der Waals surface area contributed by atoms with Crippen LogP contribution in [0.15, 0.2) is 72.8 Å². The zero-order chi connectivity index (χ0) is 24.6. The van der Waals surface area contributed by atoms with E-state index in [4.69, 9.17) is 0 Å². The molecule has 3 aromatic rings. The van der Waals surface area contributed by atoms with E-state index >= 15 is 0 Å². The summed E-state index contributed by atoms with van der Waals surface area (Å²) in [6.07, 6.45) is 0.976. The monoisotopic (exact) mass is 472 g/mol. The van der Waals surface area contributed by atoms with E-state index in [2.05, 4.69) is 27.7 Å². The van der Waals surface area contributed by atoms with Crippen LogP contribution < -0.4 is 15.5 Å². The molecule has 35 heavy (non-hydrogen) atoms. The predicted octanol–water partition coefficient (Wildman–Crippen LogP) is 3.79. The van der Waals surface area contributed by atoms with Gasteiger partial charge in [-0.15, -0.1) is 0 Å². The van der Waals surface area contributed by atoms with Crippen LogP contribution in [-0.2, 0) is 28.1 Å². The fourth-order valence-electron chi connectivity index (χ4n) is 4.71. The summed E-state index contributed by atoms with van der Waals surface area (Å²) in [5.74, 6) is -1.49. The molecule has 178 valence electrons. The molecule has 2 aliphatic rings. The lowest BCUT2D eigenvalue weighted by molar-refractivity contribution is -0.133. The smallest absolute Gasteiger partial charge is 0.325 e. The van der Waals surface area contributed by atoms with Crippen LogP contribution in [-0.4, -0.2) is 35.8 Å². The Kier molecular flexibility index (Phi) is 5.72. The number of imide groups is 1. The van der Waals surface area contributed by atoms with Crippen molar-refractivity contribution in [1.29, 1.82) is 0 Å². The third kappa shape index (κ3) is 4.23. The Bertz CT molecular complexity index is 1310. The average Bonchev–Trinajstić information content (AvgIpc) is 3.35. The van der Waals surface area contributed by atoms with Crippen LogP contribution in [0, 0.1) is 5.82 Å². The molecule has 3 aromatic carbocycles. The van der Waals surface area contributed by atoms with Crippen molar-refractivity contribution in [2.75, 3.05) is 23.3 Å². The second-order valence-electron chi connectivity index (χ2n) is 8.96. The van der Waals surface area contributed by atoms with E-state index in [0.29, 0.717) is 17.8 Å². The van der Waals surface area contributed by atoms with E-state index in [1.807, 2.05) is 36.4 Å². The minimum absolute atomic E-state index is 0.428. The molecule has 0 bridgehead atoms. The highest BCUT2D eigenvalue weighted by molar-refractivity contribution is 6.10. The number of halogens is 1. The Morgan fingerprint density at radius 2 is 1.74 bits per heavy atom. The molecule has 0 aromatic heterocycles. The second kappa shape index (κ2) is 8.87. The Morgan fingerprint density at radius 3 is 2.54 bits per heavy atom. The number of carbonyl (C=O) groups is 3. The van der Waals surface area contributed by atoms with Crippen LogP contribution in [0.2, 0.25) is 0 Å². The van der Waals surface area contributed by atoms with Crippen molar-refractivity contribution < 1.29 is 18.8 Å². The second-order valence-corrected chi connectivity index (χ2v) is 8.96. The molecular formula is C27H25FN4O3. The van der Waals surface area contributed by atoms with Gasteiger partial charge in [0.05, 0.1) is 0 Å². The number of nitrogens with zero attached hydrogens (tertiary/aromatic N) is 2. The van der Waals surface area contributed by atoms with Gasteiger partial charge in [0.1, 0.15) is 17.9 Å². The van der Waals surface area contributed by atoms with Gasteiger partial charge in [-0.3, -0.25) is 14.5 Å². The Labute approximate surface area is 202 Å². The number of rotatable bonds is 6. The first-order valence-electron chi connectivity index (χ1n) is 11.5. The number of amides is 4. The van der Waals surface area contributed by atoms with Crippen LogP contribution in [0.4, 0.5) is 20.6 Å². The summed E-state index contributed by atoms with van der Waals surface area (Å²) in [7, 11) is 0. The maximum atomic E-state index is 13.3. The lowest BCUT2D eigenvalue weighted by Crippen LogP contribution is -2.42. The highest BCUT2D eigenvalue weighted by atomic mass is 19.1. The van der Waals surface area contributed by atoms with Gasteiger partial charge in [-0.25, -0.2) is 9.18 Å². The summed E-state index contributed by atoms with van der Waals surface area (Å²) >= 11 is 0. The lowest BCUT2D eigenvalue weighted by Gasteiger charge is -2.23. The largest absolute Gasteiger partial charge is 0.367 e. The molecule has 0 saturated carbocycles. The Balaban J connectivity index is 1.28. The molecule has 2 aliphatic heterocycles. The third-order valence-corrected chi connectivity index (χ3v) is 6.63. The summed E-state index contributed by atoms with van der Waals surface area (Å²) in [6, 6.07) is 20.5. The van der Waals surface area contributed by atoms with Crippen LogP contribution in [0.3, 0.4) is 0 Å². The van der Waals surface area contributed by atoms with E-state index < -0.39 is 35.7 Å². The van der Waals surface area contributed by atoms with E-state index in [-0.39, 0.29) is 0 Å².